The lowest BCUT2D eigenvalue weighted by atomic mass is 9.80. The summed E-state index contributed by atoms with van der Waals surface area (Å²) in [5.74, 6) is 0. The van der Waals surface area contributed by atoms with Crippen LogP contribution >= 0.6 is 0 Å². The third kappa shape index (κ3) is 3.15. The van der Waals surface area contributed by atoms with Crippen LogP contribution in [-0.4, -0.2) is 45.6 Å². The Morgan fingerprint density at radius 2 is 1.95 bits per heavy atom. The lowest BCUT2D eigenvalue weighted by Gasteiger charge is -2.44. The number of hydrogen-bond acceptors (Lipinski definition) is 4. The summed E-state index contributed by atoms with van der Waals surface area (Å²) in [7, 11) is 6.24. The molecule has 1 saturated carbocycles. The minimum absolute atomic E-state index is 0.119. The smallest absolute Gasteiger partial charge is 0.0843 e. The molecule has 1 aliphatic carbocycles. The van der Waals surface area contributed by atoms with Gasteiger partial charge < -0.3 is 10.6 Å². The molecule has 1 aromatic heterocycles. The van der Waals surface area contributed by atoms with Crippen LogP contribution in [0.3, 0.4) is 0 Å². The van der Waals surface area contributed by atoms with Gasteiger partial charge in [0, 0.05) is 31.2 Å². The summed E-state index contributed by atoms with van der Waals surface area (Å²) >= 11 is 0. The second-order valence-electron chi connectivity index (χ2n) is 6.11. The van der Waals surface area contributed by atoms with E-state index >= 15 is 0 Å². The molecule has 0 aliphatic heterocycles. The van der Waals surface area contributed by atoms with E-state index in [1.165, 1.54) is 38.5 Å². The summed E-state index contributed by atoms with van der Waals surface area (Å²) in [6, 6.07) is 0.122. The first-order chi connectivity index (χ1) is 9.04. The molecule has 108 valence electrons. The van der Waals surface area contributed by atoms with Crippen molar-refractivity contribution in [2.75, 3.05) is 14.1 Å². The van der Waals surface area contributed by atoms with Gasteiger partial charge in [0.05, 0.1) is 5.69 Å². The molecular weight excluding hydrogens is 238 g/mol. The number of aryl methyl sites for hydroxylation is 1. The standard InChI is InChI=1S/C14H27N5/c1-18(2)14(8-6-4-5-7-9-14)13(15)10-12-11-19(3)17-16-12/h11,13H,4-10,15H2,1-3H3. The summed E-state index contributed by atoms with van der Waals surface area (Å²) in [5.41, 5.74) is 7.70. The van der Waals surface area contributed by atoms with E-state index < -0.39 is 0 Å². The van der Waals surface area contributed by atoms with Crippen LogP contribution in [0.25, 0.3) is 0 Å². The van der Waals surface area contributed by atoms with Crippen LogP contribution in [-0.2, 0) is 13.5 Å². The average Bonchev–Trinajstić information content (AvgIpc) is 2.65. The van der Waals surface area contributed by atoms with Crippen molar-refractivity contribution in [3.05, 3.63) is 11.9 Å². The van der Waals surface area contributed by atoms with Crippen LogP contribution < -0.4 is 5.73 Å². The summed E-state index contributed by atoms with van der Waals surface area (Å²) in [6.45, 7) is 0. The monoisotopic (exact) mass is 265 g/mol. The second-order valence-corrected chi connectivity index (χ2v) is 6.11. The van der Waals surface area contributed by atoms with E-state index in [9.17, 15) is 0 Å². The number of aromatic nitrogens is 3. The van der Waals surface area contributed by atoms with E-state index in [0.29, 0.717) is 0 Å². The van der Waals surface area contributed by atoms with E-state index in [4.69, 9.17) is 5.73 Å². The van der Waals surface area contributed by atoms with Gasteiger partial charge in [-0.25, -0.2) is 0 Å². The van der Waals surface area contributed by atoms with Crippen molar-refractivity contribution in [3.63, 3.8) is 0 Å². The van der Waals surface area contributed by atoms with Gasteiger partial charge in [-0.3, -0.25) is 4.68 Å². The predicted octanol–water partition coefficient (Wildman–Crippen LogP) is 1.34. The van der Waals surface area contributed by atoms with Crippen molar-refractivity contribution in [2.24, 2.45) is 12.8 Å². The zero-order chi connectivity index (χ0) is 13.9. The molecule has 0 amide bonds. The molecule has 1 atom stereocenters. The number of nitrogens with zero attached hydrogens (tertiary/aromatic N) is 4. The molecule has 5 heteroatoms. The van der Waals surface area contributed by atoms with Gasteiger partial charge in [-0.05, 0) is 26.9 Å². The number of rotatable bonds is 4. The first kappa shape index (κ1) is 14.5. The molecule has 0 bridgehead atoms. The Morgan fingerprint density at radius 3 is 2.42 bits per heavy atom. The maximum Gasteiger partial charge on any atom is 0.0843 e. The number of likely N-dealkylation sites (N-methyl/N-ethyl adjacent to an activating group) is 1. The minimum Gasteiger partial charge on any atom is -0.326 e. The largest absolute Gasteiger partial charge is 0.326 e. The van der Waals surface area contributed by atoms with E-state index in [2.05, 4.69) is 29.3 Å². The van der Waals surface area contributed by atoms with Crippen molar-refractivity contribution in [1.29, 1.82) is 0 Å². The third-order valence-electron chi connectivity index (χ3n) is 4.63. The highest BCUT2D eigenvalue weighted by Gasteiger charge is 2.39. The van der Waals surface area contributed by atoms with Gasteiger partial charge >= 0.3 is 0 Å². The fourth-order valence-electron chi connectivity index (χ4n) is 3.39. The van der Waals surface area contributed by atoms with Crippen LogP contribution in [0.5, 0.6) is 0 Å². The van der Waals surface area contributed by atoms with Crippen molar-refractivity contribution in [1.82, 2.24) is 19.9 Å². The van der Waals surface area contributed by atoms with Gasteiger partial charge in [0.1, 0.15) is 0 Å². The van der Waals surface area contributed by atoms with Crippen LogP contribution in [0.2, 0.25) is 0 Å². The quantitative estimate of drug-likeness (QED) is 0.835. The molecule has 0 spiro atoms. The number of nitrogens with two attached hydrogens (primary N) is 1. The Morgan fingerprint density at radius 1 is 1.32 bits per heavy atom. The molecule has 0 saturated heterocycles. The van der Waals surface area contributed by atoms with Crippen LogP contribution in [0.15, 0.2) is 6.20 Å². The maximum absolute atomic E-state index is 6.58. The van der Waals surface area contributed by atoms with E-state index in [1.807, 2.05) is 13.2 Å². The first-order valence-electron chi connectivity index (χ1n) is 7.33. The zero-order valence-electron chi connectivity index (χ0n) is 12.5. The number of hydrogen-bond donors (Lipinski definition) is 1. The molecular formula is C14H27N5. The highest BCUT2D eigenvalue weighted by molar-refractivity contribution is 5.05. The average molecular weight is 265 g/mol. The summed E-state index contributed by atoms with van der Waals surface area (Å²) < 4.78 is 1.75. The van der Waals surface area contributed by atoms with Gasteiger partial charge in [-0.15, -0.1) is 5.10 Å². The normalized spacial score (nSPS) is 21.3. The molecule has 0 radical (unpaired) electrons. The lowest BCUT2D eigenvalue weighted by molar-refractivity contribution is 0.0964. The van der Waals surface area contributed by atoms with Crippen molar-refractivity contribution in [2.45, 2.75) is 56.5 Å². The lowest BCUT2D eigenvalue weighted by Crippen LogP contribution is -2.58. The van der Waals surface area contributed by atoms with Gasteiger partial charge in [0.25, 0.3) is 0 Å². The molecule has 1 unspecified atom stereocenters. The fourth-order valence-corrected chi connectivity index (χ4v) is 3.39. The molecule has 1 fully saturated rings. The van der Waals surface area contributed by atoms with Crippen LogP contribution in [0.4, 0.5) is 0 Å². The molecule has 0 aromatic carbocycles. The Kier molecular flexibility index (Phi) is 4.58. The summed E-state index contributed by atoms with van der Waals surface area (Å²) in [6.07, 6.45) is 10.4. The second kappa shape index (κ2) is 6.01. The SMILES string of the molecule is CN(C)C1(C(N)Cc2cn(C)nn2)CCCCCC1. The predicted molar refractivity (Wildman–Crippen MR) is 76.8 cm³/mol. The molecule has 1 aliphatic rings. The Hall–Kier alpha value is -0.940. The molecule has 5 nitrogen and oxygen atoms in total. The van der Waals surface area contributed by atoms with Gasteiger partial charge in [0.2, 0.25) is 0 Å². The summed E-state index contributed by atoms with van der Waals surface area (Å²) in [5, 5.41) is 8.18. The highest BCUT2D eigenvalue weighted by atomic mass is 15.4. The van der Waals surface area contributed by atoms with Crippen molar-refractivity contribution in [3.8, 4) is 0 Å². The maximum atomic E-state index is 6.58. The van der Waals surface area contributed by atoms with E-state index in [1.54, 1.807) is 4.68 Å². The van der Waals surface area contributed by atoms with Crippen LogP contribution in [0.1, 0.15) is 44.2 Å². The molecule has 2 N–H and O–H groups in total. The molecule has 19 heavy (non-hydrogen) atoms. The molecule has 2 rings (SSSR count). The first-order valence-corrected chi connectivity index (χ1v) is 7.33. The Balaban J connectivity index is 2.13. The van der Waals surface area contributed by atoms with E-state index in [0.717, 1.165) is 12.1 Å². The van der Waals surface area contributed by atoms with Gasteiger partial charge in [-0.2, -0.15) is 0 Å². The topological polar surface area (TPSA) is 60.0 Å². The van der Waals surface area contributed by atoms with Crippen molar-refractivity contribution < 1.29 is 0 Å². The van der Waals surface area contributed by atoms with E-state index in [-0.39, 0.29) is 11.6 Å². The third-order valence-corrected chi connectivity index (χ3v) is 4.63. The zero-order valence-corrected chi connectivity index (χ0v) is 12.5. The van der Waals surface area contributed by atoms with Crippen molar-refractivity contribution >= 4 is 0 Å². The van der Waals surface area contributed by atoms with Gasteiger partial charge in [-0.1, -0.05) is 30.9 Å². The molecule has 1 aromatic rings. The van der Waals surface area contributed by atoms with Crippen LogP contribution in [0, 0.1) is 0 Å². The summed E-state index contributed by atoms with van der Waals surface area (Å²) in [4.78, 5) is 2.35. The molecule has 1 heterocycles. The Bertz CT molecular complexity index is 390. The fraction of sp³-hybridized carbons (Fsp3) is 0.857. The highest BCUT2D eigenvalue weighted by Crippen LogP contribution is 2.34. The van der Waals surface area contributed by atoms with Gasteiger partial charge in [0.15, 0.2) is 0 Å². The Labute approximate surface area is 116 Å². The minimum atomic E-state index is 0.119.